The molecule has 17 heavy (non-hydrogen) atoms. The van der Waals surface area contributed by atoms with Crippen LogP contribution in [0.1, 0.15) is 5.56 Å². The Labute approximate surface area is 103 Å². The molecule has 0 bridgehead atoms. The average Bonchev–Trinajstić information content (AvgIpc) is 2.83. The molecule has 0 atom stereocenters. The lowest BCUT2D eigenvalue weighted by atomic mass is 10.1. The highest BCUT2D eigenvalue weighted by Gasteiger charge is 2.27. The number of hydrogen-bond acceptors (Lipinski definition) is 4. The van der Waals surface area contributed by atoms with Gasteiger partial charge in [0.2, 0.25) is 0 Å². The summed E-state index contributed by atoms with van der Waals surface area (Å²) in [5, 5.41) is 2.88. The standard InChI is InChI=1S/C12H11N3OS/c1-15(2)5-7-10-8(14-12(7)16)3-4-9-11(10)17-6-13-9/h3-6H,1-2H3,(H,14,16). The summed E-state index contributed by atoms with van der Waals surface area (Å²) in [4.78, 5) is 18.1. The first kappa shape index (κ1) is 10.3. The van der Waals surface area contributed by atoms with Crippen LogP contribution in [0.25, 0.3) is 15.8 Å². The van der Waals surface area contributed by atoms with Crippen LogP contribution in [-0.4, -0.2) is 29.9 Å². The van der Waals surface area contributed by atoms with Crippen molar-refractivity contribution >= 4 is 38.7 Å². The highest BCUT2D eigenvalue weighted by atomic mass is 32.1. The number of benzene rings is 1. The van der Waals surface area contributed by atoms with Gasteiger partial charge in [-0.15, -0.1) is 11.3 Å². The molecule has 1 aromatic carbocycles. The molecule has 0 saturated heterocycles. The molecule has 2 aromatic rings. The maximum atomic E-state index is 11.9. The van der Waals surface area contributed by atoms with Crippen LogP contribution < -0.4 is 5.32 Å². The number of fused-ring (bicyclic) bond motifs is 3. The van der Waals surface area contributed by atoms with Crippen LogP contribution in [0, 0.1) is 0 Å². The smallest absolute Gasteiger partial charge is 0.257 e. The van der Waals surface area contributed by atoms with E-state index in [1.165, 1.54) is 0 Å². The number of carbonyl (C=O) groups excluding carboxylic acids is 1. The van der Waals surface area contributed by atoms with Crippen LogP contribution in [0.3, 0.4) is 0 Å². The number of anilines is 1. The molecule has 1 aliphatic rings. The Bertz CT molecular complexity index is 642. The van der Waals surface area contributed by atoms with Crippen molar-refractivity contribution in [3.63, 3.8) is 0 Å². The monoisotopic (exact) mass is 245 g/mol. The minimum Gasteiger partial charge on any atom is -0.383 e. The summed E-state index contributed by atoms with van der Waals surface area (Å²) < 4.78 is 1.06. The number of nitrogens with one attached hydrogen (secondary N) is 1. The topological polar surface area (TPSA) is 45.2 Å². The summed E-state index contributed by atoms with van der Waals surface area (Å²) >= 11 is 1.56. The maximum Gasteiger partial charge on any atom is 0.257 e. The first-order chi connectivity index (χ1) is 8.16. The van der Waals surface area contributed by atoms with Crippen molar-refractivity contribution in [1.82, 2.24) is 9.88 Å². The number of rotatable bonds is 1. The quantitative estimate of drug-likeness (QED) is 0.783. The molecule has 1 N–H and O–H groups in total. The zero-order chi connectivity index (χ0) is 12.0. The summed E-state index contributed by atoms with van der Waals surface area (Å²) in [5.41, 5.74) is 5.31. The summed E-state index contributed by atoms with van der Waals surface area (Å²) in [6.45, 7) is 0. The van der Waals surface area contributed by atoms with Gasteiger partial charge >= 0.3 is 0 Å². The lowest BCUT2D eigenvalue weighted by molar-refractivity contribution is -0.110. The third-order valence-corrected chi connectivity index (χ3v) is 3.51. The van der Waals surface area contributed by atoms with E-state index in [9.17, 15) is 4.79 Å². The van der Waals surface area contributed by atoms with Crippen molar-refractivity contribution < 1.29 is 4.79 Å². The van der Waals surface area contributed by atoms with Crippen molar-refractivity contribution in [2.24, 2.45) is 0 Å². The van der Waals surface area contributed by atoms with E-state index in [-0.39, 0.29) is 5.91 Å². The van der Waals surface area contributed by atoms with Crippen molar-refractivity contribution in [2.45, 2.75) is 0 Å². The molecule has 5 heteroatoms. The van der Waals surface area contributed by atoms with Crippen LogP contribution in [0.15, 0.2) is 23.8 Å². The predicted molar refractivity (Wildman–Crippen MR) is 69.9 cm³/mol. The van der Waals surface area contributed by atoms with Crippen molar-refractivity contribution in [3.8, 4) is 0 Å². The van der Waals surface area contributed by atoms with E-state index in [0.29, 0.717) is 5.57 Å². The van der Waals surface area contributed by atoms with Gasteiger partial charge in [0.05, 0.1) is 27.0 Å². The number of thiazole rings is 1. The largest absolute Gasteiger partial charge is 0.383 e. The second kappa shape index (κ2) is 3.56. The van der Waals surface area contributed by atoms with Crippen LogP contribution in [-0.2, 0) is 4.79 Å². The fourth-order valence-electron chi connectivity index (χ4n) is 1.98. The van der Waals surface area contributed by atoms with Gasteiger partial charge in [0.1, 0.15) is 0 Å². The van der Waals surface area contributed by atoms with Crippen LogP contribution in [0.4, 0.5) is 5.69 Å². The predicted octanol–water partition coefficient (Wildman–Crippen LogP) is 2.15. The van der Waals surface area contributed by atoms with E-state index in [0.717, 1.165) is 21.5 Å². The molecule has 0 unspecified atom stereocenters. The zero-order valence-corrected chi connectivity index (χ0v) is 10.3. The Morgan fingerprint density at radius 3 is 3.00 bits per heavy atom. The van der Waals surface area contributed by atoms with E-state index >= 15 is 0 Å². The van der Waals surface area contributed by atoms with Gasteiger partial charge < -0.3 is 10.2 Å². The molecule has 2 heterocycles. The molecule has 0 fully saturated rings. The Morgan fingerprint density at radius 2 is 2.24 bits per heavy atom. The second-order valence-electron chi connectivity index (χ2n) is 4.15. The zero-order valence-electron chi connectivity index (χ0n) is 9.52. The fourth-order valence-corrected chi connectivity index (χ4v) is 2.84. The summed E-state index contributed by atoms with van der Waals surface area (Å²) in [5.74, 6) is -0.0467. The molecular formula is C12H11N3OS. The third-order valence-electron chi connectivity index (χ3n) is 2.65. The SMILES string of the molecule is CN(C)C=C1C(=O)Nc2ccc3ncsc3c21. The number of carbonyl (C=O) groups is 1. The van der Waals surface area contributed by atoms with Crippen LogP contribution in [0.2, 0.25) is 0 Å². The fraction of sp³-hybridized carbons (Fsp3) is 0.167. The molecule has 86 valence electrons. The minimum atomic E-state index is -0.0467. The van der Waals surface area contributed by atoms with E-state index in [1.807, 2.05) is 37.3 Å². The summed E-state index contributed by atoms with van der Waals surface area (Å²) in [6, 6.07) is 3.84. The molecule has 0 saturated carbocycles. The molecule has 3 rings (SSSR count). The van der Waals surface area contributed by atoms with Gasteiger partial charge in [-0.05, 0) is 12.1 Å². The van der Waals surface area contributed by atoms with E-state index in [4.69, 9.17) is 0 Å². The van der Waals surface area contributed by atoms with Crippen molar-refractivity contribution in [1.29, 1.82) is 0 Å². The molecule has 0 aliphatic carbocycles. The van der Waals surface area contributed by atoms with Crippen molar-refractivity contribution in [2.75, 3.05) is 19.4 Å². The number of hydrogen-bond donors (Lipinski definition) is 1. The first-order valence-corrected chi connectivity index (χ1v) is 6.11. The lowest BCUT2D eigenvalue weighted by Gasteiger charge is -2.06. The summed E-state index contributed by atoms with van der Waals surface area (Å²) in [7, 11) is 3.82. The molecule has 0 spiro atoms. The Morgan fingerprint density at radius 1 is 1.41 bits per heavy atom. The van der Waals surface area contributed by atoms with Crippen LogP contribution >= 0.6 is 11.3 Å². The van der Waals surface area contributed by atoms with Gasteiger partial charge in [-0.25, -0.2) is 4.98 Å². The lowest BCUT2D eigenvalue weighted by Crippen LogP contribution is -2.08. The van der Waals surface area contributed by atoms with Crippen LogP contribution in [0.5, 0.6) is 0 Å². The van der Waals surface area contributed by atoms with Gasteiger partial charge in [-0.2, -0.15) is 0 Å². The molecule has 1 aliphatic heterocycles. The Balaban J connectivity index is 2.31. The van der Waals surface area contributed by atoms with Gasteiger partial charge in [0.15, 0.2) is 0 Å². The van der Waals surface area contributed by atoms with E-state index in [1.54, 1.807) is 16.8 Å². The normalized spacial score (nSPS) is 16.4. The summed E-state index contributed by atoms with van der Waals surface area (Å²) in [6.07, 6.45) is 1.85. The van der Waals surface area contributed by atoms with Gasteiger partial charge in [-0.3, -0.25) is 4.79 Å². The second-order valence-corrected chi connectivity index (χ2v) is 5.00. The molecule has 0 radical (unpaired) electrons. The Kier molecular flexibility index (Phi) is 2.16. The number of aromatic nitrogens is 1. The first-order valence-electron chi connectivity index (χ1n) is 5.23. The number of nitrogens with zero attached hydrogens (tertiary/aromatic N) is 2. The van der Waals surface area contributed by atoms with E-state index < -0.39 is 0 Å². The highest BCUT2D eigenvalue weighted by molar-refractivity contribution is 7.17. The number of amides is 1. The van der Waals surface area contributed by atoms with E-state index in [2.05, 4.69) is 10.3 Å². The van der Waals surface area contributed by atoms with Crippen molar-refractivity contribution in [3.05, 3.63) is 29.4 Å². The van der Waals surface area contributed by atoms with Gasteiger partial charge in [0, 0.05) is 25.9 Å². The van der Waals surface area contributed by atoms with Gasteiger partial charge in [-0.1, -0.05) is 0 Å². The molecule has 1 aromatic heterocycles. The minimum absolute atomic E-state index is 0.0467. The Hall–Kier alpha value is -1.88. The average molecular weight is 245 g/mol. The molecule has 4 nitrogen and oxygen atoms in total. The molecule has 1 amide bonds. The third kappa shape index (κ3) is 1.51. The van der Waals surface area contributed by atoms with Gasteiger partial charge in [0.25, 0.3) is 5.91 Å². The highest BCUT2D eigenvalue weighted by Crippen LogP contribution is 2.39. The molecular weight excluding hydrogens is 234 g/mol. The maximum absolute atomic E-state index is 11.9.